The summed E-state index contributed by atoms with van der Waals surface area (Å²) in [5.41, 5.74) is 1.12. The van der Waals surface area contributed by atoms with Gasteiger partial charge >= 0.3 is 6.09 Å². The molecular weight excluding hydrogens is 266 g/mol. The number of para-hydroxylation sites is 1. The monoisotopic (exact) mass is 287 g/mol. The fraction of sp³-hybridized carbons (Fsp3) is 0.471. The Kier molecular flexibility index (Phi) is 3.72. The summed E-state index contributed by atoms with van der Waals surface area (Å²) < 4.78 is 5.10. The highest BCUT2D eigenvalue weighted by molar-refractivity contribution is 5.91. The van der Waals surface area contributed by atoms with Crippen molar-refractivity contribution >= 4 is 11.8 Å². The van der Waals surface area contributed by atoms with Gasteiger partial charge in [-0.1, -0.05) is 37.1 Å². The van der Waals surface area contributed by atoms with Gasteiger partial charge in [-0.05, 0) is 31.4 Å². The first-order valence-electron chi connectivity index (χ1n) is 7.61. The van der Waals surface area contributed by atoms with E-state index in [0.29, 0.717) is 6.61 Å². The van der Waals surface area contributed by atoms with Crippen molar-refractivity contribution < 1.29 is 14.6 Å². The fourth-order valence-electron chi connectivity index (χ4n) is 3.45. The maximum atomic E-state index is 12.1. The molecule has 1 aliphatic carbocycles. The smallest absolute Gasteiger partial charge is 0.418 e. The second kappa shape index (κ2) is 5.53. The van der Waals surface area contributed by atoms with Crippen LogP contribution in [0.1, 0.15) is 44.1 Å². The summed E-state index contributed by atoms with van der Waals surface area (Å²) in [7, 11) is 0. The van der Waals surface area contributed by atoms with E-state index in [4.69, 9.17) is 4.74 Å². The molecule has 0 radical (unpaired) electrons. The second-order valence-corrected chi connectivity index (χ2v) is 5.76. The number of anilines is 1. The number of hydrogen-bond donors (Lipinski definition) is 1. The van der Waals surface area contributed by atoms with Crippen LogP contribution in [0.5, 0.6) is 0 Å². The van der Waals surface area contributed by atoms with Gasteiger partial charge in [0.15, 0.2) is 0 Å². The summed E-state index contributed by atoms with van der Waals surface area (Å²) in [5.74, 6) is -0.0538. The molecule has 1 fully saturated rings. The molecular formula is C17H21NO3. The van der Waals surface area contributed by atoms with Crippen LogP contribution < -0.4 is 4.90 Å². The van der Waals surface area contributed by atoms with Gasteiger partial charge in [0.2, 0.25) is 0 Å². The van der Waals surface area contributed by atoms with Crippen LogP contribution in [0.25, 0.3) is 0 Å². The van der Waals surface area contributed by atoms with E-state index in [0.717, 1.165) is 36.9 Å². The van der Waals surface area contributed by atoms with Gasteiger partial charge in [-0.2, -0.15) is 0 Å². The average Bonchev–Trinajstić information content (AvgIpc) is 2.94. The van der Waals surface area contributed by atoms with Crippen molar-refractivity contribution in [2.45, 2.75) is 44.1 Å². The number of carbonyl (C=O) groups excluding carboxylic acids is 1. The molecule has 1 aromatic rings. The highest BCUT2D eigenvalue weighted by Crippen LogP contribution is 2.46. The lowest BCUT2D eigenvalue weighted by Crippen LogP contribution is -2.37. The molecule has 0 aromatic heterocycles. The predicted molar refractivity (Wildman–Crippen MR) is 81.2 cm³/mol. The van der Waals surface area contributed by atoms with Crippen molar-refractivity contribution in [3.8, 4) is 0 Å². The van der Waals surface area contributed by atoms with E-state index < -0.39 is 5.60 Å². The first kappa shape index (κ1) is 14.1. The van der Waals surface area contributed by atoms with Gasteiger partial charge in [-0.15, -0.1) is 0 Å². The molecule has 0 bridgehead atoms. The van der Waals surface area contributed by atoms with Gasteiger partial charge in [0.25, 0.3) is 0 Å². The normalized spacial score (nSPS) is 23.0. The summed E-state index contributed by atoms with van der Waals surface area (Å²) in [4.78, 5) is 13.6. The molecule has 1 saturated carbocycles. The Morgan fingerprint density at radius 3 is 2.81 bits per heavy atom. The van der Waals surface area contributed by atoms with Crippen molar-refractivity contribution in [1.29, 1.82) is 0 Å². The molecule has 4 heteroatoms. The van der Waals surface area contributed by atoms with E-state index in [1.165, 1.54) is 4.90 Å². The topological polar surface area (TPSA) is 49.8 Å². The number of aliphatic hydroxyl groups is 1. The lowest BCUT2D eigenvalue weighted by molar-refractivity contribution is 0.0326. The van der Waals surface area contributed by atoms with E-state index >= 15 is 0 Å². The quantitative estimate of drug-likeness (QED) is 0.904. The first-order valence-corrected chi connectivity index (χ1v) is 7.61. The molecule has 0 saturated heterocycles. The van der Waals surface area contributed by atoms with Crippen molar-refractivity contribution in [1.82, 2.24) is 0 Å². The minimum Gasteiger partial charge on any atom is -0.449 e. The van der Waals surface area contributed by atoms with Gasteiger partial charge in [0.1, 0.15) is 0 Å². The Hall–Kier alpha value is -1.81. The fourth-order valence-corrected chi connectivity index (χ4v) is 3.45. The molecule has 1 heterocycles. The van der Waals surface area contributed by atoms with Gasteiger partial charge in [-0.3, -0.25) is 4.90 Å². The summed E-state index contributed by atoms with van der Waals surface area (Å²) in [6.07, 6.45) is 7.05. The van der Waals surface area contributed by atoms with E-state index in [1.54, 1.807) is 13.1 Å². The van der Waals surface area contributed by atoms with E-state index in [9.17, 15) is 9.90 Å². The van der Waals surface area contributed by atoms with Gasteiger partial charge in [0.05, 0.1) is 17.9 Å². The number of benzene rings is 1. The Labute approximate surface area is 125 Å². The SMILES string of the molecule is CCOC(=O)N1C=CC(C2(O)CCCC2)c2ccccc21. The van der Waals surface area contributed by atoms with Gasteiger partial charge < -0.3 is 9.84 Å². The van der Waals surface area contributed by atoms with E-state index in [2.05, 4.69) is 0 Å². The number of ether oxygens (including phenoxy) is 1. The molecule has 1 aliphatic heterocycles. The van der Waals surface area contributed by atoms with Crippen molar-refractivity contribution in [2.75, 3.05) is 11.5 Å². The zero-order valence-electron chi connectivity index (χ0n) is 12.3. The van der Waals surface area contributed by atoms with Crippen molar-refractivity contribution in [3.05, 3.63) is 42.1 Å². The Morgan fingerprint density at radius 2 is 2.10 bits per heavy atom. The van der Waals surface area contributed by atoms with Crippen LogP contribution in [-0.4, -0.2) is 23.4 Å². The third-order valence-electron chi connectivity index (χ3n) is 4.47. The molecule has 0 spiro atoms. The molecule has 21 heavy (non-hydrogen) atoms. The van der Waals surface area contributed by atoms with Crippen LogP contribution in [0.2, 0.25) is 0 Å². The minimum atomic E-state index is -0.687. The lowest BCUT2D eigenvalue weighted by atomic mass is 9.78. The van der Waals surface area contributed by atoms with Gasteiger partial charge in [-0.25, -0.2) is 4.79 Å². The zero-order chi connectivity index (χ0) is 14.9. The Balaban J connectivity index is 1.98. The number of fused-ring (bicyclic) bond motifs is 1. The van der Waals surface area contributed by atoms with Crippen molar-refractivity contribution in [3.63, 3.8) is 0 Å². The maximum Gasteiger partial charge on any atom is 0.418 e. The predicted octanol–water partition coefficient (Wildman–Crippen LogP) is 3.57. The number of carbonyl (C=O) groups is 1. The highest BCUT2D eigenvalue weighted by Gasteiger charge is 2.42. The molecule has 1 atom stereocenters. The van der Waals surface area contributed by atoms with Crippen LogP contribution in [0.15, 0.2) is 36.5 Å². The molecule has 2 aliphatic rings. The third kappa shape index (κ3) is 2.44. The first-order chi connectivity index (χ1) is 10.2. The molecule has 3 rings (SSSR count). The van der Waals surface area contributed by atoms with E-state index in [-0.39, 0.29) is 12.0 Å². The second-order valence-electron chi connectivity index (χ2n) is 5.76. The van der Waals surface area contributed by atoms with Crippen molar-refractivity contribution in [2.24, 2.45) is 0 Å². The molecule has 1 amide bonds. The number of nitrogens with zero attached hydrogens (tertiary/aromatic N) is 1. The number of amides is 1. The molecule has 1 unspecified atom stereocenters. The average molecular weight is 287 g/mol. The standard InChI is InChI=1S/C17H21NO3/c1-2-21-16(19)18-12-9-14(17(20)10-5-6-11-17)13-7-3-4-8-15(13)18/h3-4,7-9,12,14,20H,2,5-6,10-11H2,1H3. The largest absolute Gasteiger partial charge is 0.449 e. The molecule has 4 nitrogen and oxygen atoms in total. The minimum absolute atomic E-state index is 0.0538. The third-order valence-corrected chi connectivity index (χ3v) is 4.47. The van der Waals surface area contributed by atoms with Crippen LogP contribution >= 0.6 is 0 Å². The Morgan fingerprint density at radius 1 is 1.38 bits per heavy atom. The zero-order valence-corrected chi connectivity index (χ0v) is 12.3. The molecule has 112 valence electrons. The number of hydrogen-bond acceptors (Lipinski definition) is 3. The van der Waals surface area contributed by atoms with Gasteiger partial charge in [0, 0.05) is 12.1 Å². The number of rotatable bonds is 2. The summed E-state index contributed by atoms with van der Waals surface area (Å²) in [5, 5.41) is 10.9. The summed E-state index contributed by atoms with van der Waals surface area (Å²) in [6, 6.07) is 7.75. The van der Waals surface area contributed by atoms with Crippen LogP contribution in [0, 0.1) is 0 Å². The molecule has 1 aromatic carbocycles. The highest BCUT2D eigenvalue weighted by atomic mass is 16.6. The van der Waals surface area contributed by atoms with Crippen LogP contribution in [-0.2, 0) is 4.74 Å². The summed E-state index contributed by atoms with van der Waals surface area (Å²) >= 11 is 0. The van der Waals surface area contributed by atoms with Crippen LogP contribution in [0.4, 0.5) is 10.5 Å². The maximum absolute atomic E-state index is 12.1. The lowest BCUT2D eigenvalue weighted by Gasteiger charge is -2.36. The Bertz CT molecular complexity index is 561. The van der Waals surface area contributed by atoms with E-state index in [1.807, 2.05) is 30.3 Å². The summed E-state index contributed by atoms with van der Waals surface area (Å²) in [6.45, 7) is 2.14. The van der Waals surface area contributed by atoms with Crippen LogP contribution in [0.3, 0.4) is 0 Å². The molecule has 1 N–H and O–H groups in total.